The Hall–Kier alpha value is -2.05. The number of thioether (sulfide) groups is 1. The van der Waals surface area contributed by atoms with Gasteiger partial charge in [-0.25, -0.2) is 8.42 Å². The molecule has 7 nitrogen and oxygen atoms in total. The lowest BCUT2D eigenvalue weighted by molar-refractivity contribution is -0.0328. The third-order valence-electron chi connectivity index (χ3n) is 4.64. The van der Waals surface area contributed by atoms with E-state index in [1.165, 1.54) is 40.4 Å². The van der Waals surface area contributed by atoms with E-state index in [1.54, 1.807) is 6.92 Å². The third-order valence-corrected chi connectivity index (χ3v) is 7.53. The highest BCUT2D eigenvalue weighted by Gasteiger charge is 2.33. The summed E-state index contributed by atoms with van der Waals surface area (Å²) in [6.07, 6.45) is 0.427. The number of sulfonamides is 1. The molecule has 1 aliphatic heterocycles. The number of aromatic nitrogens is 1. The number of hydrogen-bond acceptors (Lipinski definition) is 6. The summed E-state index contributed by atoms with van der Waals surface area (Å²) in [4.78, 5) is 14.3. The fraction of sp³-hybridized carbons (Fsp3) is 0.444. The Bertz CT molecular complexity index is 1000. The smallest absolute Gasteiger partial charge is 0.360 e. The normalized spacial score (nSPS) is 16.5. The van der Waals surface area contributed by atoms with Crippen molar-refractivity contribution in [3.05, 3.63) is 41.3 Å². The van der Waals surface area contributed by atoms with Gasteiger partial charge in [0.2, 0.25) is 10.0 Å². The van der Waals surface area contributed by atoms with Gasteiger partial charge in [-0.1, -0.05) is 5.16 Å². The fourth-order valence-corrected chi connectivity index (χ4v) is 5.59. The van der Waals surface area contributed by atoms with Crippen molar-refractivity contribution in [2.45, 2.75) is 35.6 Å². The van der Waals surface area contributed by atoms with Crippen molar-refractivity contribution in [1.29, 1.82) is 0 Å². The molecule has 1 aliphatic rings. The van der Waals surface area contributed by atoms with Crippen molar-refractivity contribution >= 4 is 27.7 Å². The van der Waals surface area contributed by atoms with Crippen LogP contribution in [0.1, 0.15) is 28.2 Å². The molecule has 30 heavy (non-hydrogen) atoms. The SMILES string of the molecule is Cc1noc(C)c1S(=O)(=O)N1CCCN(C(=O)c2ccc(SC(F)(F)F)cc2)CC1. The quantitative estimate of drug-likeness (QED) is 0.646. The van der Waals surface area contributed by atoms with Crippen LogP contribution >= 0.6 is 11.8 Å². The van der Waals surface area contributed by atoms with Crippen LogP contribution < -0.4 is 0 Å². The number of alkyl halides is 3. The summed E-state index contributed by atoms with van der Waals surface area (Å²) >= 11 is -0.247. The van der Waals surface area contributed by atoms with Gasteiger partial charge in [-0.3, -0.25) is 4.79 Å². The molecule has 2 aromatic rings. The maximum absolute atomic E-state index is 13.0. The number of benzene rings is 1. The molecule has 0 atom stereocenters. The number of aryl methyl sites for hydroxylation is 2. The van der Waals surface area contributed by atoms with E-state index in [0.29, 0.717) is 13.0 Å². The van der Waals surface area contributed by atoms with Crippen molar-refractivity contribution in [2.24, 2.45) is 0 Å². The molecule has 0 unspecified atom stereocenters. The van der Waals surface area contributed by atoms with Gasteiger partial charge < -0.3 is 9.42 Å². The molecule has 3 rings (SSSR count). The maximum Gasteiger partial charge on any atom is 0.446 e. The second-order valence-electron chi connectivity index (χ2n) is 6.78. The Morgan fingerprint density at radius 1 is 1.10 bits per heavy atom. The summed E-state index contributed by atoms with van der Waals surface area (Å²) in [6, 6.07) is 5.19. The summed E-state index contributed by atoms with van der Waals surface area (Å²) in [5, 5.41) is 3.70. The summed E-state index contributed by atoms with van der Waals surface area (Å²) in [7, 11) is -3.81. The van der Waals surface area contributed by atoms with Crippen molar-refractivity contribution in [2.75, 3.05) is 26.2 Å². The molecule has 1 aromatic carbocycles. The Labute approximate surface area is 176 Å². The summed E-state index contributed by atoms with van der Waals surface area (Å²) in [6.45, 7) is 3.92. The van der Waals surface area contributed by atoms with Gasteiger partial charge in [0.1, 0.15) is 10.6 Å². The maximum atomic E-state index is 13.0. The Balaban J connectivity index is 1.70. The standard InChI is InChI=1S/C18H20F3N3O4S2/c1-12-16(13(2)28-22-12)30(26,27)24-9-3-8-23(10-11-24)17(25)14-4-6-15(7-5-14)29-18(19,20)21/h4-7H,3,8-11H2,1-2H3. The molecular weight excluding hydrogens is 443 g/mol. The van der Waals surface area contributed by atoms with E-state index in [2.05, 4.69) is 5.16 Å². The minimum Gasteiger partial charge on any atom is -0.360 e. The van der Waals surface area contributed by atoms with Gasteiger partial charge in [0.25, 0.3) is 5.91 Å². The van der Waals surface area contributed by atoms with Crippen LogP contribution in [-0.4, -0.2) is 60.4 Å². The molecule has 1 amide bonds. The molecule has 0 bridgehead atoms. The molecule has 0 radical (unpaired) electrons. The minimum atomic E-state index is -4.40. The molecule has 0 aliphatic carbocycles. The van der Waals surface area contributed by atoms with Crippen LogP contribution in [0.3, 0.4) is 0 Å². The molecule has 0 spiro atoms. The van der Waals surface area contributed by atoms with Gasteiger partial charge in [-0.2, -0.15) is 17.5 Å². The first-order valence-electron chi connectivity index (χ1n) is 9.07. The first-order chi connectivity index (χ1) is 14.0. The van der Waals surface area contributed by atoms with E-state index in [4.69, 9.17) is 4.52 Å². The predicted octanol–water partition coefficient (Wildman–Crippen LogP) is 3.44. The van der Waals surface area contributed by atoms with E-state index in [-0.39, 0.29) is 64.1 Å². The van der Waals surface area contributed by atoms with Gasteiger partial charge in [0, 0.05) is 36.6 Å². The average molecular weight is 464 g/mol. The topological polar surface area (TPSA) is 83.7 Å². The molecular formula is C18H20F3N3O4S2. The summed E-state index contributed by atoms with van der Waals surface area (Å²) in [5.74, 6) is -0.142. The highest BCUT2D eigenvalue weighted by molar-refractivity contribution is 8.00. The highest BCUT2D eigenvalue weighted by atomic mass is 32.2. The van der Waals surface area contributed by atoms with Gasteiger partial charge in [0.15, 0.2) is 5.76 Å². The zero-order valence-corrected chi connectivity index (χ0v) is 17.9. The highest BCUT2D eigenvalue weighted by Crippen LogP contribution is 2.36. The van der Waals surface area contributed by atoms with Gasteiger partial charge >= 0.3 is 5.51 Å². The Morgan fingerprint density at radius 2 is 1.77 bits per heavy atom. The molecule has 0 N–H and O–H groups in total. The average Bonchev–Trinajstić information content (AvgIpc) is 2.86. The molecule has 12 heteroatoms. The van der Waals surface area contributed by atoms with E-state index < -0.39 is 15.5 Å². The number of nitrogens with zero attached hydrogens (tertiary/aromatic N) is 3. The third kappa shape index (κ3) is 4.98. The van der Waals surface area contributed by atoms with Crippen molar-refractivity contribution in [3.8, 4) is 0 Å². The van der Waals surface area contributed by atoms with Gasteiger partial charge in [-0.15, -0.1) is 0 Å². The van der Waals surface area contributed by atoms with Crippen LogP contribution in [0.15, 0.2) is 38.6 Å². The molecule has 164 valence electrons. The van der Waals surface area contributed by atoms with Crippen LogP contribution in [-0.2, 0) is 10.0 Å². The lowest BCUT2D eigenvalue weighted by atomic mass is 10.2. The number of amides is 1. The van der Waals surface area contributed by atoms with Crippen LogP contribution in [0, 0.1) is 13.8 Å². The van der Waals surface area contributed by atoms with E-state index in [0.717, 1.165) is 0 Å². The number of carbonyl (C=O) groups excluding carboxylic acids is 1. The van der Waals surface area contributed by atoms with Gasteiger partial charge in [-0.05, 0) is 56.3 Å². The predicted molar refractivity (Wildman–Crippen MR) is 104 cm³/mol. The molecule has 0 saturated carbocycles. The summed E-state index contributed by atoms with van der Waals surface area (Å²) < 4.78 is 69.5. The largest absolute Gasteiger partial charge is 0.446 e. The number of halogens is 3. The molecule has 1 aromatic heterocycles. The van der Waals surface area contributed by atoms with Crippen molar-refractivity contribution < 1.29 is 30.9 Å². The monoisotopic (exact) mass is 463 g/mol. The van der Waals surface area contributed by atoms with Crippen LogP contribution in [0.4, 0.5) is 13.2 Å². The zero-order valence-electron chi connectivity index (χ0n) is 16.3. The first kappa shape index (κ1) is 22.6. The Kier molecular flexibility index (Phi) is 6.48. The number of rotatable bonds is 4. The van der Waals surface area contributed by atoms with Crippen molar-refractivity contribution in [3.63, 3.8) is 0 Å². The van der Waals surface area contributed by atoms with Crippen LogP contribution in [0.2, 0.25) is 0 Å². The lowest BCUT2D eigenvalue weighted by Gasteiger charge is -2.22. The number of hydrogen-bond donors (Lipinski definition) is 0. The van der Waals surface area contributed by atoms with Crippen LogP contribution in [0.5, 0.6) is 0 Å². The second kappa shape index (κ2) is 8.60. The molecule has 1 fully saturated rings. The van der Waals surface area contributed by atoms with E-state index >= 15 is 0 Å². The second-order valence-corrected chi connectivity index (χ2v) is 9.79. The zero-order chi connectivity index (χ0) is 22.1. The van der Waals surface area contributed by atoms with Crippen LogP contribution in [0.25, 0.3) is 0 Å². The van der Waals surface area contributed by atoms with E-state index in [1.807, 2.05) is 0 Å². The minimum absolute atomic E-state index is 0.00774. The fourth-order valence-electron chi connectivity index (χ4n) is 3.29. The first-order valence-corrected chi connectivity index (χ1v) is 11.3. The van der Waals surface area contributed by atoms with Gasteiger partial charge in [0.05, 0.1) is 0 Å². The number of carbonyl (C=O) groups is 1. The van der Waals surface area contributed by atoms with E-state index in [9.17, 15) is 26.4 Å². The van der Waals surface area contributed by atoms with Crippen molar-refractivity contribution in [1.82, 2.24) is 14.4 Å². The molecule has 2 heterocycles. The lowest BCUT2D eigenvalue weighted by Crippen LogP contribution is -2.37. The summed E-state index contributed by atoms with van der Waals surface area (Å²) in [5.41, 5.74) is -3.86. The molecule has 1 saturated heterocycles. The Morgan fingerprint density at radius 3 is 2.33 bits per heavy atom.